The van der Waals surface area contributed by atoms with Crippen molar-refractivity contribution in [1.29, 1.82) is 0 Å². The van der Waals surface area contributed by atoms with Gasteiger partial charge in [0.05, 0.1) is 30.7 Å². The summed E-state index contributed by atoms with van der Waals surface area (Å²) in [5.74, 6) is 1.76. The molecule has 5 unspecified atom stereocenters. The van der Waals surface area contributed by atoms with E-state index in [4.69, 9.17) is 19.7 Å². The average Bonchev–Trinajstić information content (AvgIpc) is 3.15. The number of nitrogens with zero attached hydrogens (tertiary/aromatic N) is 2. The molecule has 2 bridgehead atoms. The van der Waals surface area contributed by atoms with E-state index < -0.39 is 0 Å². The molecule has 0 spiro atoms. The molecule has 3 fully saturated rings. The van der Waals surface area contributed by atoms with Crippen LogP contribution in [0.5, 0.6) is 0 Å². The summed E-state index contributed by atoms with van der Waals surface area (Å²) in [5, 5.41) is 4.15. The van der Waals surface area contributed by atoms with Gasteiger partial charge in [-0.15, -0.1) is 0 Å². The van der Waals surface area contributed by atoms with Gasteiger partial charge in [0.2, 0.25) is 5.89 Å². The van der Waals surface area contributed by atoms with Gasteiger partial charge in [-0.1, -0.05) is 5.16 Å². The van der Waals surface area contributed by atoms with E-state index in [0.29, 0.717) is 24.5 Å². The Kier molecular flexibility index (Phi) is 2.82. The fourth-order valence-electron chi connectivity index (χ4n) is 3.47. The van der Waals surface area contributed by atoms with Crippen LogP contribution in [0.4, 0.5) is 0 Å². The summed E-state index contributed by atoms with van der Waals surface area (Å²) in [6, 6.07) is 0.0540. The van der Waals surface area contributed by atoms with Gasteiger partial charge in [-0.2, -0.15) is 4.98 Å². The molecule has 1 aromatic rings. The maximum Gasteiger partial charge on any atom is 0.233 e. The van der Waals surface area contributed by atoms with E-state index >= 15 is 0 Å². The smallest absolute Gasteiger partial charge is 0.233 e. The average molecular weight is 265 g/mol. The Morgan fingerprint density at radius 2 is 2.11 bits per heavy atom. The second kappa shape index (κ2) is 4.54. The number of nitrogens with two attached hydrogens (primary N) is 1. The van der Waals surface area contributed by atoms with Crippen LogP contribution in [0.15, 0.2) is 4.52 Å². The number of aromatic nitrogens is 2. The molecule has 4 rings (SSSR count). The molecule has 1 aromatic heterocycles. The number of fused-ring (bicyclic) bond motifs is 2. The van der Waals surface area contributed by atoms with Crippen LogP contribution in [0.25, 0.3) is 0 Å². The Hall–Kier alpha value is -0.980. The number of rotatable bonds is 2. The third kappa shape index (κ3) is 1.98. The van der Waals surface area contributed by atoms with Gasteiger partial charge in [-0.25, -0.2) is 0 Å². The number of ether oxygens (including phenoxy) is 2. The molecule has 3 aliphatic heterocycles. The van der Waals surface area contributed by atoms with Crippen molar-refractivity contribution in [2.24, 2.45) is 5.73 Å². The molecule has 2 N–H and O–H groups in total. The van der Waals surface area contributed by atoms with Crippen LogP contribution in [0.1, 0.15) is 49.2 Å². The quantitative estimate of drug-likeness (QED) is 0.856. The first-order chi connectivity index (χ1) is 9.31. The summed E-state index contributed by atoms with van der Waals surface area (Å²) < 4.78 is 16.7. The standard InChI is InChI=1S/C13H19N3O3/c14-10-3-4-17-6-9(10)13-15-12(16-19-13)8-5-7-1-2-11(8)18-7/h7-11H,1-6,14H2. The molecule has 19 heavy (non-hydrogen) atoms. The van der Waals surface area contributed by atoms with Crippen LogP contribution in [-0.4, -0.2) is 41.6 Å². The summed E-state index contributed by atoms with van der Waals surface area (Å²) in [6.07, 6.45) is 4.85. The molecule has 0 aromatic carbocycles. The maximum absolute atomic E-state index is 6.10. The van der Waals surface area contributed by atoms with Gasteiger partial charge >= 0.3 is 0 Å². The molecule has 6 heteroatoms. The molecule has 3 aliphatic rings. The molecule has 4 heterocycles. The van der Waals surface area contributed by atoms with Crippen LogP contribution >= 0.6 is 0 Å². The van der Waals surface area contributed by atoms with Crippen molar-refractivity contribution < 1.29 is 14.0 Å². The van der Waals surface area contributed by atoms with Gasteiger partial charge in [-0.3, -0.25) is 0 Å². The van der Waals surface area contributed by atoms with E-state index in [-0.39, 0.29) is 18.1 Å². The summed E-state index contributed by atoms with van der Waals surface area (Å²) in [6.45, 7) is 1.30. The molecule has 104 valence electrons. The SMILES string of the molecule is NC1CCOCC1c1nc(C2CC3CCC2O3)no1. The van der Waals surface area contributed by atoms with E-state index in [1.54, 1.807) is 0 Å². The van der Waals surface area contributed by atoms with Gasteiger partial charge in [0.15, 0.2) is 5.82 Å². The predicted octanol–water partition coefficient (Wildman–Crippen LogP) is 0.936. The zero-order valence-corrected chi connectivity index (χ0v) is 10.8. The van der Waals surface area contributed by atoms with Gasteiger partial charge < -0.3 is 19.7 Å². The van der Waals surface area contributed by atoms with Gasteiger partial charge in [0.25, 0.3) is 0 Å². The number of hydrogen-bond donors (Lipinski definition) is 1. The maximum atomic E-state index is 6.10. The Bertz CT molecular complexity index is 447. The lowest BCUT2D eigenvalue weighted by Crippen LogP contribution is -2.37. The summed E-state index contributed by atoms with van der Waals surface area (Å²) in [7, 11) is 0. The van der Waals surface area contributed by atoms with Crippen molar-refractivity contribution in [2.75, 3.05) is 13.2 Å². The summed E-state index contributed by atoms with van der Waals surface area (Å²) >= 11 is 0. The van der Waals surface area contributed by atoms with Crippen LogP contribution in [0, 0.1) is 0 Å². The minimum atomic E-state index is 0.0366. The second-order valence-electron chi connectivity index (χ2n) is 5.84. The van der Waals surface area contributed by atoms with Gasteiger partial charge in [-0.05, 0) is 25.7 Å². The fourth-order valence-corrected chi connectivity index (χ4v) is 3.47. The first-order valence-corrected chi connectivity index (χ1v) is 7.13. The normalized spacial score (nSPS) is 41.8. The lowest BCUT2D eigenvalue weighted by atomic mass is 9.89. The predicted molar refractivity (Wildman–Crippen MR) is 65.7 cm³/mol. The summed E-state index contributed by atoms with van der Waals surface area (Å²) in [4.78, 5) is 4.57. The lowest BCUT2D eigenvalue weighted by Gasteiger charge is -2.25. The molecule has 3 saturated heterocycles. The van der Waals surface area contributed by atoms with Crippen molar-refractivity contribution in [3.05, 3.63) is 11.7 Å². The highest BCUT2D eigenvalue weighted by Gasteiger charge is 2.44. The van der Waals surface area contributed by atoms with E-state index in [1.165, 1.54) is 6.42 Å². The van der Waals surface area contributed by atoms with Crippen molar-refractivity contribution >= 4 is 0 Å². The highest BCUT2D eigenvalue weighted by molar-refractivity contribution is 5.09. The Labute approximate surface area is 111 Å². The third-order valence-corrected chi connectivity index (χ3v) is 4.62. The minimum absolute atomic E-state index is 0.0366. The van der Waals surface area contributed by atoms with Crippen molar-refractivity contribution in [3.63, 3.8) is 0 Å². The number of hydrogen-bond acceptors (Lipinski definition) is 6. The minimum Gasteiger partial charge on any atom is -0.381 e. The van der Waals surface area contributed by atoms with E-state index in [1.807, 2.05) is 0 Å². The second-order valence-corrected chi connectivity index (χ2v) is 5.84. The first-order valence-electron chi connectivity index (χ1n) is 7.13. The Morgan fingerprint density at radius 1 is 1.16 bits per heavy atom. The molecule has 0 amide bonds. The fraction of sp³-hybridized carbons (Fsp3) is 0.846. The monoisotopic (exact) mass is 265 g/mol. The largest absolute Gasteiger partial charge is 0.381 e. The van der Waals surface area contributed by atoms with Crippen LogP contribution in [-0.2, 0) is 9.47 Å². The summed E-state index contributed by atoms with van der Waals surface area (Å²) in [5.41, 5.74) is 6.10. The molecule has 0 radical (unpaired) electrons. The molecule has 6 nitrogen and oxygen atoms in total. The third-order valence-electron chi connectivity index (χ3n) is 4.62. The van der Waals surface area contributed by atoms with Gasteiger partial charge in [0.1, 0.15) is 0 Å². The molecular weight excluding hydrogens is 246 g/mol. The van der Waals surface area contributed by atoms with Gasteiger partial charge in [0, 0.05) is 12.6 Å². The van der Waals surface area contributed by atoms with Crippen molar-refractivity contribution in [1.82, 2.24) is 10.1 Å². The van der Waals surface area contributed by atoms with Crippen molar-refractivity contribution in [2.45, 2.75) is 55.8 Å². The van der Waals surface area contributed by atoms with E-state index in [9.17, 15) is 0 Å². The van der Waals surface area contributed by atoms with Crippen molar-refractivity contribution in [3.8, 4) is 0 Å². The van der Waals surface area contributed by atoms with Crippen LogP contribution < -0.4 is 5.73 Å². The Morgan fingerprint density at radius 3 is 2.84 bits per heavy atom. The first kappa shape index (κ1) is 11.8. The lowest BCUT2D eigenvalue weighted by molar-refractivity contribution is 0.0590. The zero-order chi connectivity index (χ0) is 12.8. The highest BCUT2D eigenvalue weighted by Crippen LogP contribution is 2.43. The molecular formula is C13H19N3O3. The molecule has 5 atom stereocenters. The topological polar surface area (TPSA) is 83.4 Å². The zero-order valence-electron chi connectivity index (χ0n) is 10.8. The highest BCUT2D eigenvalue weighted by atomic mass is 16.5. The van der Waals surface area contributed by atoms with Crippen LogP contribution in [0.3, 0.4) is 0 Å². The van der Waals surface area contributed by atoms with Crippen LogP contribution in [0.2, 0.25) is 0 Å². The Balaban J connectivity index is 1.53. The van der Waals surface area contributed by atoms with E-state index in [2.05, 4.69) is 10.1 Å². The molecule has 0 aliphatic carbocycles. The molecule has 0 saturated carbocycles. The van der Waals surface area contributed by atoms with E-state index in [0.717, 1.165) is 31.7 Å².